The van der Waals surface area contributed by atoms with Crippen LogP contribution in [0.5, 0.6) is 0 Å². The van der Waals surface area contributed by atoms with E-state index in [1.807, 2.05) is 0 Å². The van der Waals surface area contributed by atoms with Crippen molar-refractivity contribution >= 4 is 17.9 Å². The quantitative estimate of drug-likeness (QED) is 0.0261. The number of unbranched alkanes of at least 4 members (excludes halogenated alkanes) is 51. The molecule has 0 bridgehead atoms. The van der Waals surface area contributed by atoms with E-state index in [0.717, 1.165) is 64.2 Å². The van der Waals surface area contributed by atoms with Crippen LogP contribution in [0.15, 0.2) is 36.5 Å². The number of hydrogen-bond acceptors (Lipinski definition) is 6. The molecule has 0 saturated heterocycles. The zero-order chi connectivity index (χ0) is 58.5. The summed E-state index contributed by atoms with van der Waals surface area (Å²) in [7, 11) is 0. The van der Waals surface area contributed by atoms with Gasteiger partial charge in [-0.05, 0) is 77.0 Å². The molecule has 0 aromatic heterocycles. The van der Waals surface area contributed by atoms with E-state index in [2.05, 4.69) is 57.2 Å². The molecular formula is C75H140O6. The summed E-state index contributed by atoms with van der Waals surface area (Å²) in [4.78, 5) is 38.4. The Hall–Kier alpha value is -2.37. The van der Waals surface area contributed by atoms with Gasteiger partial charge in [-0.2, -0.15) is 0 Å². The molecule has 0 aliphatic carbocycles. The average Bonchev–Trinajstić information content (AvgIpc) is 3.46. The van der Waals surface area contributed by atoms with E-state index >= 15 is 0 Å². The summed E-state index contributed by atoms with van der Waals surface area (Å²) >= 11 is 0. The second-order valence-electron chi connectivity index (χ2n) is 24.9. The molecule has 0 aliphatic heterocycles. The van der Waals surface area contributed by atoms with Crippen LogP contribution in [0.2, 0.25) is 0 Å². The molecule has 81 heavy (non-hydrogen) atoms. The van der Waals surface area contributed by atoms with Crippen molar-refractivity contribution in [1.29, 1.82) is 0 Å². The summed E-state index contributed by atoms with van der Waals surface area (Å²) < 4.78 is 17.0. The van der Waals surface area contributed by atoms with Crippen LogP contribution in [-0.2, 0) is 28.6 Å². The van der Waals surface area contributed by atoms with Crippen LogP contribution in [0.3, 0.4) is 0 Å². The highest BCUT2D eigenvalue weighted by atomic mass is 16.6. The molecule has 0 radical (unpaired) electrons. The Kier molecular flexibility index (Phi) is 68.1. The minimum atomic E-state index is -0.772. The van der Waals surface area contributed by atoms with Gasteiger partial charge in [-0.15, -0.1) is 0 Å². The van der Waals surface area contributed by atoms with E-state index in [1.165, 1.54) is 302 Å². The van der Waals surface area contributed by atoms with Gasteiger partial charge in [0.1, 0.15) is 13.2 Å². The standard InChI is InChI=1S/C75H140O6/c1-4-7-10-13-16-19-22-25-27-29-31-33-34-35-36-37-38-39-40-42-43-45-47-50-53-56-59-62-65-68-74(77)80-71-72(70-79-73(76)67-64-61-58-55-52-49-24-21-18-15-12-9-6-3)81-75(78)69-66-63-60-57-54-51-48-46-44-41-32-30-28-26-23-20-17-14-11-8-5-2/h23,26,29-32,72H,4-22,24-25,27-28,33-71H2,1-3H3/b26-23-,31-29-,32-30-. The number of rotatable bonds is 68. The number of hydrogen-bond donors (Lipinski definition) is 0. The summed E-state index contributed by atoms with van der Waals surface area (Å²) in [6.07, 6.45) is 87.5. The Morgan fingerprint density at radius 3 is 0.691 bits per heavy atom. The van der Waals surface area contributed by atoms with Gasteiger partial charge in [-0.25, -0.2) is 0 Å². The zero-order valence-corrected chi connectivity index (χ0v) is 54.8. The van der Waals surface area contributed by atoms with E-state index in [4.69, 9.17) is 14.2 Å². The van der Waals surface area contributed by atoms with Crippen LogP contribution < -0.4 is 0 Å². The first-order chi connectivity index (χ1) is 40.0. The third kappa shape index (κ3) is 68.3. The Balaban J connectivity index is 4.19. The maximum atomic E-state index is 13.0. The summed E-state index contributed by atoms with van der Waals surface area (Å²) in [5.74, 6) is -0.842. The normalized spacial score (nSPS) is 12.2. The van der Waals surface area contributed by atoms with Crippen molar-refractivity contribution in [1.82, 2.24) is 0 Å². The molecule has 1 unspecified atom stereocenters. The maximum absolute atomic E-state index is 13.0. The van der Waals surface area contributed by atoms with Crippen molar-refractivity contribution in [2.24, 2.45) is 0 Å². The van der Waals surface area contributed by atoms with Crippen molar-refractivity contribution in [2.45, 2.75) is 412 Å². The van der Waals surface area contributed by atoms with E-state index in [-0.39, 0.29) is 31.1 Å². The SMILES string of the molecule is CCCCCCC/C=C\C/C=C\CCCCCCCCCCCC(=O)OC(COC(=O)CCCCCCCCCCCCCCC)COC(=O)CCCCCCCCCCCCCCCCCCC/C=C\CCCCCCCCCC. The molecule has 0 heterocycles. The highest BCUT2D eigenvalue weighted by Gasteiger charge is 2.19. The molecule has 0 saturated carbocycles. The van der Waals surface area contributed by atoms with Gasteiger partial charge in [0, 0.05) is 19.3 Å². The predicted molar refractivity (Wildman–Crippen MR) is 353 cm³/mol. The molecule has 1 atom stereocenters. The zero-order valence-electron chi connectivity index (χ0n) is 54.8. The molecule has 476 valence electrons. The summed E-state index contributed by atoms with van der Waals surface area (Å²) in [5.41, 5.74) is 0. The Morgan fingerprint density at radius 2 is 0.444 bits per heavy atom. The van der Waals surface area contributed by atoms with Gasteiger partial charge in [0.15, 0.2) is 6.10 Å². The minimum Gasteiger partial charge on any atom is -0.462 e. The second-order valence-corrected chi connectivity index (χ2v) is 24.9. The maximum Gasteiger partial charge on any atom is 0.306 e. The monoisotopic (exact) mass is 1140 g/mol. The Morgan fingerprint density at radius 1 is 0.247 bits per heavy atom. The van der Waals surface area contributed by atoms with Crippen LogP contribution >= 0.6 is 0 Å². The van der Waals surface area contributed by atoms with E-state index in [1.54, 1.807) is 0 Å². The lowest BCUT2D eigenvalue weighted by molar-refractivity contribution is -0.167. The lowest BCUT2D eigenvalue weighted by Gasteiger charge is -2.18. The van der Waals surface area contributed by atoms with Crippen molar-refractivity contribution in [3.05, 3.63) is 36.5 Å². The van der Waals surface area contributed by atoms with Gasteiger partial charge in [0.05, 0.1) is 0 Å². The van der Waals surface area contributed by atoms with Gasteiger partial charge in [-0.3, -0.25) is 14.4 Å². The first-order valence-corrected chi connectivity index (χ1v) is 36.5. The molecule has 6 heteroatoms. The molecule has 0 N–H and O–H groups in total. The summed E-state index contributed by atoms with van der Waals surface area (Å²) in [6, 6.07) is 0. The van der Waals surface area contributed by atoms with Crippen LogP contribution in [-0.4, -0.2) is 37.2 Å². The fourth-order valence-corrected chi connectivity index (χ4v) is 11.1. The summed E-state index contributed by atoms with van der Waals surface area (Å²) in [5, 5.41) is 0. The number of carbonyl (C=O) groups excluding carboxylic acids is 3. The van der Waals surface area contributed by atoms with Gasteiger partial charge in [0.2, 0.25) is 0 Å². The minimum absolute atomic E-state index is 0.0682. The van der Waals surface area contributed by atoms with E-state index in [0.29, 0.717) is 19.3 Å². The van der Waals surface area contributed by atoms with Crippen molar-refractivity contribution in [3.8, 4) is 0 Å². The number of ether oxygens (including phenoxy) is 3. The van der Waals surface area contributed by atoms with Gasteiger partial charge < -0.3 is 14.2 Å². The third-order valence-corrected chi connectivity index (χ3v) is 16.6. The fraction of sp³-hybridized carbons (Fsp3) is 0.880. The van der Waals surface area contributed by atoms with Crippen molar-refractivity contribution in [3.63, 3.8) is 0 Å². The van der Waals surface area contributed by atoms with Crippen molar-refractivity contribution in [2.75, 3.05) is 13.2 Å². The highest BCUT2D eigenvalue weighted by molar-refractivity contribution is 5.71. The van der Waals surface area contributed by atoms with Gasteiger partial charge >= 0.3 is 17.9 Å². The molecule has 0 aromatic rings. The molecule has 0 amide bonds. The van der Waals surface area contributed by atoms with E-state index < -0.39 is 6.10 Å². The largest absolute Gasteiger partial charge is 0.462 e. The van der Waals surface area contributed by atoms with Gasteiger partial charge in [-0.1, -0.05) is 346 Å². The highest BCUT2D eigenvalue weighted by Crippen LogP contribution is 2.19. The molecule has 0 aromatic carbocycles. The van der Waals surface area contributed by atoms with Crippen LogP contribution in [0.1, 0.15) is 406 Å². The lowest BCUT2D eigenvalue weighted by Crippen LogP contribution is -2.30. The molecule has 0 fully saturated rings. The van der Waals surface area contributed by atoms with Gasteiger partial charge in [0.25, 0.3) is 0 Å². The molecule has 0 aliphatic rings. The number of allylic oxidation sites excluding steroid dienone is 6. The average molecular weight is 1140 g/mol. The molecule has 0 rings (SSSR count). The lowest BCUT2D eigenvalue weighted by atomic mass is 10.0. The first-order valence-electron chi connectivity index (χ1n) is 36.5. The molecule has 6 nitrogen and oxygen atoms in total. The molecule has 0 spiro atoms. The second kappa shape index (κ2) is 70.1. The number of esters is 3. The topological polar surface area (TPSA) is 78.9 Å². The Labute approximate surface area is 506 Å². The smallest absolute Gasteiger partial charge is 0.306 e. The Bertz CT molecular complexity index is 1350. The third-order valence-electron chi connectivity index (χ3n) is 16.6. The predicted octanol–water partition coefficient (Wildman–Crippen LogP) is 25.1. The molecular weight excluding hydrogens is 997 g/mol. The van der Waals surface area contributed by atoms with Crippen molar-refractivity contribution < 1.29 is 28.6 Å². The fourth-order valence-electron chi connectivity index (χ4n) is 11.1. The first kappa shape index (κ1) is 78.6. The summed E-state index contributed by atoms with van der Waals surface area (Å²) in [6.45, 7) is 6.70. The van der Waals surface area contributed by atoms with Crippen LogP contribution in [0.4, 0.5) is 0 Å². The number of carbonyl (C=O) groups is 3. The van der Waals surface area contributed by atoms with E-state index in [9.17, 15) is 14.4 Å². The van der Waals surface area contributed by atoms with Crippen LogP contribution in [0, 0.1) is 0 Å². The van der Waals surface area contributed by atoms with Crippen LogP contribution in [0.25, 0.3) is 0 Å².